The molecule has 0 radical (unpaired) electrons. The number of hydrogen-bond donors (Lipinski definition) is 0. The molecule has 1 aromatic carbocycles. The van der Waals surface area contributed by atoms with Crippen molar-refractivity contribution in [3.05, 3.63) is 64.5 Å². The van der Waals surface area contributed by atoms with Gasteiger partial charge in [0.15, 0.2) is 23.3 Å². The van der Waals surface area contributed by atoms with Crippen LogP contribution in [0.25, 0.3) is 5.57 Å². The van der Waals surface area contributed by atoms with E-state index >= 15 is 4.39 Å². The summed E-state index contributed by atoms with van der Waals surface area (Å²) in [6.07, 6.45) is 12.1. The van der Waals surface area contributed by atoms with Crippen molar-refractivity contribution in [2.75, 3.05) is 6.61 Å². The average Bonchev–Trinajstić information content (AvgIpc) is 3.08. The van der Waals surface area contributed by atoms with Gasteiger partial charge in [-0.3, -0.25) is 0 Å². The van der Waals surface area contributed by atoms with Gasteiger partial charge in [-0.25, -0.2) is 17.6 Å². The van der Waals surface area contributed by atoms with Crippen molar-refractivity contribution >= 4 is 5.57 Å². The van der Waals surface area contributed by atoms with Crippen molar-refractivity contribution in [3.63, 3.8) is 0 Å². The van der Waals surface area contributed by atoms with Gasteiger partial charge in [-0.05, 0) is 74.5 Å². The summed E-state index contributed by atoms with van der Waals surface area (Å²) in [6, 6.07) is 1.87. The van der Waals surface area contributed by atoms with Crippen LogP contribution in [0.2, 0.25) is 0 Å². The third-order valence-corrected chi connectivity index (χ3v) is 7.98. The maximum atomic E-state index is 15.4. The second-order valence-electron chi connectivity index (χ2n) is 9.95. The molecule has 2 aliphatic carbocycles. The van der Waals surface area contributed by atoms with Crippen LogP contribution < -0.4 is 0 Å². The quantitative estimate of drug-likeness (QED) is 0.340. The third-order valence-electron chi connectivity index (χ3n) is 7.98. The molecule has 2 atom stereocenters. The summed E-state index contributed by atoms with van der Waals surface area (Å²) in [5, 5.41) is 0. The molecule has 4 aliphatic rings. The highest BCUT2D eigenvalue weighted by atomic mass is 19.2. The first kappa shape index (κ1) is 22.7. The number of benzene rings is 1. The summed E-state index contributed by atoms with van der Waals surface area (Å²) in [7, 11) is 0. The van der Waals surface area contributed by atoms with Crippen LogP contribution in [0.4, 0.5) is 17.6 Å². The van der Waals surface area contributed by atoms with Gasteiger partial charge in [0, 0.05) is 24.2 Å². The lowest BCUT2D eigenvalue weighted by atomic mass is 9.72. The Bertz CT molecular complexity index is 1010. The number of hydrogen-bond acceptors (Lipinski definition) is 2. The van der Waals surface area contributed by atoms with Crippen LogP contribution in [0.3, 0.4) is 0 Å². The normalized spacial score (nSPS) is 31.8. The van der Waals surface area contributed by atoms with Crippen LogP contribution in [-0.4, -0.2) is 18.3 Å². The lowest BCUT2D eigenvalue weighted by molar-refractivity contribution is -0.0747. The summed E-state index contributed by atoms with van der Waals surface area (Å²) in [5.41, 5.74) is 0.0197. The van der Waals surface area contributed by atoms with E-state index in [1.54, 1.807) is 6.08 Å². The van der Waals surface area contributed by atoms with E-state index in [9.17, 15) is 13.2 Å². The number of fused-ring (bicyclic) bond motifs is 3. The molecule has 6 heteroatoms. The second kappa shape index (κ2) is 8.94. The highest BCUT2D eigenvalue weighted by Gasteiger charge is 2.48. The lowest BCUT2D eigenvalue weighted by Crippen LogP contribution is -2.40. The summed E-state index contributed by atoms with van der Waals surface area (Å²) in [4.78, 5) is 0. The molecule has 2 nitrogen and oxygen atoms in total. The van der Waals surface area contributed by atoms with Crippen LogP contribution in [0.5, 0.6) is 0 Å². The van der Waals surface area contributed by atoms with Crippen molar-refractivity contribution in [1.82, 2.24) is 0 Å². The monoisotopic (exact) mass is 462 g/mol. The van der Waals surface area contributed by atoms with E-state index in [-0.39, 0.29) is 16.9 Å². The maximum Gasteiger partial charge on any atom is 0.195 e. The number of ether oxygens (including phenoxy) is 2. The van der Waals surface area contributed by atoms with Gasteiger partial charge in [-0.1, -0.05) is 25.5 Å². The molecule has 1 saturated carbocycles. The van der Waals surface area contributed by atoms with E-state index in [0.717, 1.165) is 56.4 Å². The number of rotatable bonds is 4. The summed E-state index contributed by atoms with van der Waals surface area (Å²) < 4.78 is 69.1. The van der Waals surface area contributed by atoms with Crippen LogP contribution in [-0.2, 0) is 9.47 Å². The fourth-order valence-corrected chi connectivity index (χ4v) is 6.09. The standard InChI is InChI=1S/C27H30F4O2/c1-2-3-16-4-9-22(32-15-16)17-10-12-27(13-11-17)18-5-6-19(24(29)23(14-18)33-27)20-7-8-21(28)26(31)25(20)30/h5-8,16-17,22H,2-4,9-15H2,1H3. The maximum absolute atomic E-state index is 15.4. The third kappa shape index (κ3) is 4.05. The topological polar surface area (TPSA) is 18.5 Å². The fourth-order valence-electron chi connectivity index (χ4n) is 6.09. The Morgan fingerprint density at radius 3 is 2.45 bits per heavy atom. The molecule has 0 N–H and O–H groups in total. The van der Waals surface area contributed by atoms with Crippen molar-refractivity contribution < 1.29 is 27.0 Å². The number of halogens is 4. The van der Waals surface area contributed by atoms with E-state index < -0.39 is 28.9 Å². The Labute approximate surface area is 192 Å². The largest absolute Gasteiger partial charge is 0.484 e. The fraction of sp³-hybridized carbons (Fsp3) is 0.556. The highest BCUT2D eigenvalue weighted by molar-refractivity contribution is 5.80. The first-order chi connectivity index (χ1) is 15.9. The molecular weight excluding hydrogens is 432 g/mol. The lowest BCUT2D eigenvalue weighted by Gasteiger charge is -2.42. The molecule has 0 aromatic heterocycles. The molecule has 2 bridgehead atoms. The van der Waals surface area contributed by atoms with Crippen molar-refractivity contribution in [2.45, 2.75) is 76.4 Å². The Morgan fingerprint density at radius 2 is 1.76 bits per heavy atom. The molecule has 3 fully saturated rings. The molecule has 2 unspecified atom stereocenters. The van der Waals surface area contributed by atoms with Gasteiger partial charge in [-0.2, -0.15) is 0 Å². The molecule has 33 heavy (non-hydrogen) atoms. The van der Waals surface area contributed by atoms with E-state index in [0.29, 0.717) is 24.4 Å². The van der Waals surface area contributed by atoms with E-state index in [1.165, 1.54) is 25.3 Å². The highest BCUT2D eigenvalue weighted by Crippen LogP contribution is 2.52. The number of allylic oxidation sites excluding steroid dienone is 5. The van der Waals surface area contributed by atoms with Crippen LogP contribution in [0, 0.1) is 29.3 Å². The van der Waals surface area contributed by atoms with Gasteiger partial charge in [0.25, 0.3) is 0 Å². The SMILES string of the molecule is CCCC1CCC(C2CCC3(CC2)OC2=C(F)C(c4ccc(F)c(F)c4F)=CC=C3C2)OC1. The molecule has 2 saturated heterocycles. The van der Waals surface area contributed by atoms with Crippen LogP contribution in [0.1, 0.15) is 70.3 Å². The van der Waals surface area contributed by atoms with Gasteiger partial charge in [-0.15, -0.1) is 0 Å². The molecule has 5 rings (SSSR count). The van der Waals surface area contributed by atoms with Gasteiger partial charge in [0.2, 0.25) is 0 Å². The van der Waals surface area contributed by atoms with Crippen molar-refractivity contribution in [2.24, 2.45) is 11.8 Å². The Morgan fingerprint density at radius 1 is 0.970 bits per heavy atom. The van der Waals surface area contributed by atoms with Crippen molar-refractivity contribution in [3.8, 4) is 0 Å². The molecule has 0 amide bonds. The minimum absolute atomic E-state index is 0.114. The van der Waals surface area contributed by atoms with Gasteiger partial charge in [0.1, 0.15) is 11.4 Å². The summed E-state index contributed by atoms with van der Waals surface area (Å²) in [6.45, 7) is 3.07. The predicted octanol–water partition coefficient (Wildman–Crippen LogP) is 7.55. The minimum atomic E-state index is -1.60. The van der Waals surface area contributed by atoms with E-state index in [1.807, 2.05) is 0 Å². The molecule has 1 spiro atoms. The first-order valence-electron chi connectivity index (χ1n) is 12.2. The molecular formula is C27H30F4O2. The zero-order valence-corrected chi connectivity index (χ0v) is 18.9. The van der Waals surface area contributed by atoms with Crippen LogP contribution >= 0.6 is 0 Å². The van der Waals surface area contributed by atoms with Gasteiger partial charge < -0.3 is 9.47 Å². The van der Waals surface area contributed by atoms with Gasteiger partial charge in [0.05, 0.1) is 6.10 Å². The Balaban J connectivity index is 1.31. The van der Waals surface area contributed by atoms with Crippen LogP contribution in [0.15, 0.2) is 41.4 Å². The zero-order valence-electron chi connectivity index (χ0n) is 18.9. The molecule has 2 aliphatic heterocycles. The summed E-state index contributed by atoms with van der Waals surface area (Å²) in [5.74, 6) is -3.67. The zero-order chi connectivity index (χ0) is 23.2. The molecule has 178 valence electrons. The van der Waals surface area contributed by atoms with E-state index in [2.05, 4.69) is 6.92 Å². The Kier molecular flexibility index (Phi) is 6.15. The van der Waals surface area contributed by atoms with Gasteiger partial charge >= 0.3 is 0 Å². The average molecular weight is 463 g/mol. The second-order valence-corrected chi connectivity index (χ2v) is 9.95. The minimum Gasteiger partial charge on any atom is -0.484 e. The smallest absolute Gasteiger partial charge is 0.195 e. The molecule has 1 aromatic rings. The molecule has 2 heterocycles. The van der Waals surface area contributed by atoms with Crippen molar-refractivity contribution in [1.29, 1.82) is 0 Å². The predicted molar refractivity (Wildman–Crippen MR) is 118 cm³/mol. The van der Waals surface area contributed by atoms with E-state index in [4.69, 9.17) is 9.47 Å². The first-order valence-corrected chi connectivity index (χ1v) is 12.2. The Hall–Kier alpha value is -2.08. The summed E-state index contributed by atoms with van der Waals surface area (Å²) >= 11 is 0.